The summed E-state index contributed by atoms with van der Waals surface area (Å²) < 4.78 is 15.7. The van der Waals surface area contributed by atoms with E-state index in [4.69, 9.17) is 14.2 Å². The molecule has 7 nitrogen and oxygen atoms in total. The Bertz CT molecular complexity index is 880. The fourth-order valence-corrected chi connectivity index (χ4v) is 2.71. The first kappa shape index (κ1) is 23.0. The second-order valence-electron chi connectivity index (χ2n) is 6.29. The van der Waals surface area contributed by atoms with Crippen LogP contribution in [-0.2, 0) is 9.53 Å². The van der Waals surface area contributed by atoms with Crippen LogP contribution in [0.5, 0.6) is 11.5 Å². The molecule has 0 fully saturated rings. The molecule has 2 rings (SSSR count). The lowest BCUT2D eigenvalue weighted by Gasteiger charge is -2.10. The van der Waals surface area contributed by atoms with Gasteiger partial charge in [0, 0.05) is 25.8 Å². The van der Waals surface area contributed by atoms with E-state index in [1.165, 1.54) is 6.08 Å². The molecular weight excluding hydrogens is 384 g/mol. The van der Waals surface area contributed by atoms with Crippen LogP contribution in [0.15, 0.2) is 48.5 Å². The van der Waals surface area contributed by atoms with Gasteiger partial charge in [0.05, 0.1) is 25.5 Å². The molecule has 0 saturated carbocycles. The molecule has 7 heteroatoms. The molecule has 2 N–H and O–H groups in total. The van der Waals surface area contributed by atoms with Gasteiger partial charge in [-0.3, -0.25) is 9.59 Å². The summed E-state index contributed by atoms with van der Waals surface area (Å²) in [6, 6.07) is 12.2. The molecule has 0 aliphatic heterocycles. The van der Waals surface area contributed by atoms with Gasteiger partial charge in [-0.2, -0.15) is 0 Å². The first-order chi connectivity index (χ1) is 14.6. The number of amides is 2. The highest BCUT2D eigenvalue weighted by Crippen LogP contribution is 2.28. The van der Waals surface area contributed by atoms with Gasteiger partial charge in [-0.15, -0.1) is 0 Å². The normalized spacial score (nSPS) is 10.6. The third-order valence-corrected chi connectivity index (χ3v) is 4.22. The molecule has 2 amide bonds. The maximum absolute atomic E-state index is 12.4. The van der Waals surface area contributed by atoms with Gasteiger partial charge in [0.1, 0.15) is 0 Å². The maximum Gasteiger partial charge on any atom is 0.253 e. The Balaban J connectivity index is 2.00. The molecule has 160 valence electrons. The van der Waals surface area contributed by atoms with E-state index < -0.39 is 0 Å². The third kappa shape index (κ3) is 6.93. The predicted octanol–water partition coefficient (Wildman–Crippen LogP) is 3.51. The van der Waals surface area contributed by atoms with E-state index in [0.29, 0.717) is 42.5 Å². The molecule has 2 aromatic rings. The quantitative estimate of drug-likeness (QED) is 0.436. The number of anilines is 1. The van der Waals surface area contributed by atoms with Crippen LogP contribution in [-0.4, -0.2) is 45.8 Å². The van der Waals surface area contributed by atoms with Gasteiger partial charge in [0.2, 0.25) is 5.91 Å². The van der Waals surface area contributed by atoms with E-state index in [1.54, 1.807) is 56.7 Å². The summed E-state index contributed by atoms with van der Waals surface area (Å²) in [5, 5.41) is 5.60. The number of para-hydroxylation sites is 1. The second kappa shape index (κ2) is 12.3. The number of carbonyl (C=O) groups excluding carboxylic acids is 2. The van der Waals surface area contributed by atoms with Crippen LogP contribution in [0.2, 0.25) is 0 Å². The van der Waals surface area contributed by atoms with Crippen molar-refractivity contribution in [2.24, 2.45) is 0 Å². The molecule has 0 aliphatic carbocycles. The molecule has 0 aromatic heterocycles. The summed E-state index contributed by atoms with van der Waals surface area (Å²) in [5.74, 6) is 0.597. The van der Waals surface area contributed by atoms with Crippen molar-refractivity contribution in [3.05, 3.63) is 59.7 Å². The van der Waals surface area contributed by atoms with Crippen LogP contribution in [0.3, 0.4) is 0 Å². The van der Waals surface area contributed by atoms with Gasteiger partial charge < -0.3 is 24.8 Å². The summed E-state index contributed by atoms with van der Waals surface area (Å²) in [6.07, 6.45) is 3.79. The van der Waals surface area contributed by atoms with Crippen molar-refractivity contribution in [3.8, 4) is 11.5 Å². The smallest absolute Gasteiger partial charge is 0.253 e. The van der Waals surface area contributed by atoms with E-state index >= 15 is 0 Å². The molecule has 0 unspecified atom stereocenters. The fourth-order valence-electron chi connectivity index (χ4n) is 2.71. The zero-order chi connectivity index (χ0) is 21.8. The third-order valence-electron chi connectivity index (χ3n) is 4.22. The van der Waals surface area contributed by atoms with E-state index in [0.717, 1.165) is 12.0 Å². The Morgan fingerprint density at radius 1 is 1.03 bits per heavy atom. The lowest BCUT2D eigenvalue weighted by molar-refractivity contribution is -0.111. The van der Waals surface area contributed by atoms with E-state index in [9.17, 15) is 9.59 Å². The lowest BCUT2D eigenvalue weighted by atomic mass is 10.1. The van der Waals surface area contributed by atoms with Crippen LogP contribution in [0.25, 0.3) is 6.08 Å². The standard InChI is InChI=1S/C23H28N2O5/c1-4-30-15-7-14-24-23(27)18-8-5-6-9-19(18)25-22(26)13-11-17-10-12-20(28-2)21(16-17)29-3/h5-6,8-13,16H,4,7,14-15H2,1-3H3,(H,24,27)(H,25,26)/b13-11+. The van der Waals surface area contributed by atoms with Crippen molar-refractivity contribution in [1.29, 1.82) is 0 Å². The van der Waals surface area contributed by atoms with Crippen LogP contribution in [0.1, 0.15) is 29.3 Å². The zero-order valence-corrected chi connectivity index (χ0v) is 17.6. The minimum Gasteiger partial charge on any atom is -0.493 e. The Morgan fingerprint density at radius 2 is 1.80 bits per heavy atom. The van der Waals surface area contributed by atoms with Gasteiger partial charge in [-0.25, -0.2) is 0 Å². The molecule has 0 saturated heterocycles. The molecule has 2 aromatic carbocycles. The molecule has 0 aliphatic rings. The van der Waals surface area contributed by atoms with E-state index in [-0.39, 0.29) is 11.8 Å². The summed E-state index contributed by atoms with van der Waals surface area (Å²) >= 11 is 0. The van der Waals surface area contributed by atoms with Crippen molar-refractivity contribution < 1.29 is 23.8 Å². The number of hydrogen-bond acceptors (Lipinski definition) is 5. The van der Waals surface area contributed by atoms with Crippen molar-refractivity contribution in [3.63, 3.8) is 0 Å². The van der Waals surface area contributed by atoms with Crippen molar-refractivity contribution >= 4 is 23.6 Å². The van der Waals surface area contributed by atoms with Gasteiger partial charge >= 0.3 is 0 Å². The molecule has 0 heterocycles. The molecular formula is C23H28N2O5. The highest BCUT2D eigenvalue weighted by atomic mass is 16.5. The number of ether oxygens (including phenoxy) is 3. The van der Waals surface area contributed by atoms with Gasteiger partial charge in [0.15, 0.2) is 11.5 Å². The number of benzene rings is 2. The Labute approximate surface area is 177 Å². The minimum absolute atomic E-state index is 0.244. The molecule has 0 bridgehead atoms. The average molecular weight is 412 g/mol. The van der Waals surface area contributed by atoms with Crippen molar-refractivity contribution in [1.82, 2.24) is 5.32 Å². The zero-order valence-electron chi connectivity index (χ0n) is 17.6. The number of hydrogen-bond donors (Lipinski definition) is 2. The first-order valence-electron chi connectivity index (χ1n) is 9.75. The summed E-state index contributed by atoms with van der Waals surface area (Å²) in [6.45, 7) is 3.67. The topological polar surface area (TPSA) is 85.9 Å². The number of rotatable bonds is 11. The highest BCUT2D eigenvalue weighted by Gasteiger charge is 2.12. The monoisotopic (exact) mass is 412 g/mol. The second-order valence-corrected chi connectivity index (χ2v) is 6.29. The lowest BCUT2D eigenvalue weighted by Crippen LogP contribution is -2.26. The number of nitrogens with one attached hydrogen (secondary N) is 2. The summed E-state index contributed by atoms with van der Waals surface area (Å²) in [4.78, 5) is 24.8. The minimum atomic E-state index is -0.346. The molecule has 0 radical (unpaired) electrons. The highest BCUT2D eigenvalue weighted by molar-refractivity contribution is 6.07. The van der Waals surface area contributed by atoms with E-state index in [2.05, 4.69) is 10.6 Å². The average Bonchev–Trinajstić information content (AvgIpc) is 2.77. The summed E-state index contributed by atoms with van der Waals surface area (Å²) in [7, 11) is 3.12. The Morgan fingerprint density at radius 3 is 2.53 bits per heavy atom. The largest absolute Gasteiger partial charge is 0.493 e. The van der Waals surface area contributed by atoms with Gasteiger partial charge in [0.25, 0.3) is 5.91 Å². The summed E-state index contributed by atoms with van der Waals surface area (Å²) in [5.41, 5.74) is 1.63. The molecule has 30 heavy (non-hydrogen) atoms. The number of carbonyl (C=O) groups is 2. The Hall–Kier alpha value is -3.32. The maximum atomic E-state index is 12.4. The molecule has 0 atom stereocenters. The van der Waals surface area contributed by atoms with Crippen molar-refractivity contribution in [2.45, 2.75) is 13.3 Å². The van der Waals surface area contributed by atoms with Crippen LogP contribution >= 0.6 is 0 Å². The van der Waals surface area contributed by atoms with Crippen LogP contribution in [0, 0.1) is 0 Å². The van der Waals surface area contributed by atoms with Gasteiger partial charge in [-0.1, -0.05) is 18.2 Å². The van der Waals surface area contributed by atoms with Crippen molar-refractivity contribution in [2.75, 3.05) is 39.3 Å². The van der Waals surface area contributed by atoms with Crippen LogP contribution < -0.4 is 20.1 Å². The van der Waals surface area contributed by atoms with E-state index in [1.807, 2.05) is 13.0 Å². The Kier molecular flexibility index (Phi) is 9.40. The first-order valence-corrected chi connectivity index (χ1v) is 9.75. The fraction of sp³-hybridized carbons (Fsp3) is 0.304. The molecule has 0 spiro atoms. The van der Waals surface area contributed by atoms with Gasteiger partial charge in [-0.05, 0) is 49.2 Å². The predicted molar refractivity (Wildman–Crippen MR) is 117 cm³/mol. The van der Waals surface area contributed by atoms with Crippen LogP contribution in [0.4, 0.5) is 5.69 Å². The SMILES string of the molecule is CCOCCCNC(=O)c1ccccc1NC(=O)/C=C/c1ccc(OC)c(OC)c1. The number of methoxy groups -OCH3 is 2.